The fraction of sp³-hybridized carbons (Fsp3) is 0. The first-order chi connectivity index (χ1) is 10.1. The molecule has 0 aliphatic rings. The summed E-state index contributed by atoms with van der Waals surface area (Å²) in [6, 6.07) is 9.89. The highest BCUT2D eigenvalue weighted by Gasteiger charge is 2.22. The van der Waals surface area contributed by atoms with Gasteiger partial charge in [0.2, 0.25) is 0 Å². The second-order valence-corrected chi connectivity index (χ2v) is 4.78. The summed E-state index contributed by atoms with van der Waals surface area (Å²) in [5, 5.41) is 3.79. The number of halogens is 3. The third kappa shape index (κ3) is 2.36. The van der Waals surface area contributed by atoms with Crippen molar-refractivity contribution in [3.05, 3.63) is 59.1 Å². The fourth-order valence-electron chi connectivity index (χ4n) is 2.08. The first kappa shape index (κ1) is 13.6. The summed E-state index contributed by atoms with van der Waals surface area (Å²) in [4.78, 5) is 0. The van der Waals surface area contributed by atoms with Crippen LogP contribution in [0.1, 0.15) is 0 Å². The van der Waals surface area contributed by atoms with Gasteiger partial charge < -0.3 is 10.3 Å². The van der Waals surface area contributed by atoms with Gasteiger partial charge in [0.05, 0.1) is 10.6 Å². The van der Waals surface area contributed by atoms with Crippen molar-refractivity contribution >= 4 is 17.4 Å². The molecule has 0 atom stereocenters. The molecule has 3 rings (SSSR count). The van der Waals surface area contributed by atoms with E-state index >= 15 is 0 Å². The first-order valence-corrected chi connectivity index (χ1v) is 6.41. The van der Waals surface area contributed by atoms with Crippen molar-refractivity contribution in [1.29, 1.82) is 0 Å². The average Bonchev–Trinajstić information content (AvgIpc) is 2.81. The van der Waals surface area contributed by atoms with Crippen LogP contribution in [-0.4, -0.2) is 5.16 Å². The van der Waals surface area contributed by atoms with E-state index in [-0.39, 0.29) is 22.2 Å². The zero-order valence-corrected chi connectivity index (χ0v) is 11.4. The summed E-state index contributed by atoms with van der Waals surface area (Å²) in [6.07, 6.45) is 0. The van der Waals surface area contributed by atoms with Crippen molar-refractivity contribution in [3.8, 4) is 22.5 Å². The van der Waals surface area contributed by atoms with E-state index in [0.29, 0.717) is 11.1 Å². The molecule has 106 valence electrons. The molecule has 0 amide bonds. The van der Waals surface area contributed by atoms with Crippen molar-refractivity contribution in [2.24, 2.45) is 0 Å². The molecule has 0 aliphatic heterocycles. The molecule has 2 N–H and O–H groups in total. The Kier molecular flexibility index (Phi) is 3.35. The zero-order chi connectivity index (χ0) is 15.0. The Hall–Kier alpha value is -2.40. The third-order valence-electron chi connectivity index (χ3n) is 3.04. The number of rotatable bonds is 2. The lowest BCUT2D eigenvalue weighted by molar-refractivity contribution is 0.436. The Bertz CT molecular complexity index is 817. The van der Waals surface area contributed by atoms with Gasteiger partial charge in [0.15, 0.2) is 11.6 Å². The molecule has 0 saturated carbocycles. The first-order valence-electron chi connectivity index (χ1n) is 6.03. The molecule has 0 bridgehead atoms. The van der Waals surface area contributed by atoms with E-state index in [1.807, 2.05) is 0 Å². The Morgan fingerprint density at radius 1 is 1.05 bits per heavy atom. The van der Waals surface area contributed by atoms with Gasteiger partial charge in [-0.3, -0.25) is 0 Å². The van der Waals surface area contributed by atoms with Crippen LogP contribution in [0.5, 0.6) is 0 Å². The predicted octanol–water partition coefficient (Wildman–Crippen LogP) is 4.52. The maximum atomic E-state index is 14.0. The van der Waals surface area contributed by atoms with E-state index in [2.05, 4.69) is 5.16 Å². The molecule has 1 heterocycles. The minimum atomic E-state index is -0.483. The van der Waals surface area contributed by atoms with Crippen LogP contribution in [0.15, 0.2) is 47.0 Å². The zero-order valence-electron chi connectivity index (χ0n) is 10.6. The number of nitrogens with two attached hydrogens (primary N) is 1. The molecule has 21 heavy (non-hydrogen) atoms. The number of hydrogen-bond acceptors (Lipinski definition) is 3. The second kappa shape index (κ2) is 5.18. The Morgan fingerprint density at radius 2 is 1.81 bits per heavy atom. The fourth-order valence-corrected chi connectivity index (χ4v) is 2.34. The van der Waals surface area contributed by atoms with Crippen LogP contribution in [0, 0.1) is 11.6 Å². The van der Waals surface area contributed by atoms with Gasteiger partial charge >= 0.3 is 0 Å². The summed E-state index contributed by atoms with van der Waals surface area (Å²) in [5.41, 5.74) is 6.70. The van der Waals surface area contributed by atoms with Gasteiger partial charge in [-0.05, 0) is 24.3 Å². The number of benzene rings is 2. The van der Waals surface area contributed by atoms with E-state index in [9.17, 15) is 8.78 Å². The number of nitrogens with zero attached hydrogens (tertiary/aromatic N) is 1. The van der Waals surface area contributed by atoms with E-state index in [1.54, 1.807) is 18.2 Å². The predicted molar refractivity (Wildman–Crippen MR) is 76.7 cm³/mol. The lowest BCUT2D eigenvalue weighted by Gasteiger charge is -2.05. The van der Waals surface area contributed by atoms with E-state index in [1.165, 1.54) is 18.2 Å². The van der Waals surface area contributed by atoms with Gasteiger partial charge in [0, 0.05) is 11.1 Å². The molecular weight excluding hydrogens is 298 g/mol. The molecule has 1 aromatic heterocycles. The number of anilines is 1. The van der Waals surface area contributed by atoms with Gasteiger partial charge in [0.1, 0.15) is 11.6 Å². The standard InChI is InChI=1S/C15H9ClF2N2O/c16-11-7-8(17)5-6-9(11)14-13(15(19)20-21-14)10-3-1-2-4-12(10)18/h1-7H,(H2,19,20). The van der Waals surface area contributed by atoms with Crippen molar-refractivity contribution in [2.75, 3.05) is 5.73 Å². The van der Waals surface area contributed by atoms with Gasteiger partial charge in [-0.15, -0.1) is 0 Å². The Labute approximate surface area is 123 Å². The Morgan fingerprint density at radius 3 is 2.52 bits per heavy atom. The smallest absolute Gasteiger partial charge is 0.178 e. The van der Waals surface area contributed by atoms with Crippen molar-refractivity contribution < 1.29 is 13.3 Å². The maximum Gasteiger partial charge on any atom is 0.178 e. The molecule has 0 radical (unpaired) electrons. The minimum absolute atomic E-state index is 0.0375. The molecule has 0 saturated heterocycles. The minimum Gasteiger partial charge on any atom is -0.380 e. The molecule has 3 nitrogen and oxygen atoms in total. The highest BCUT2D eigenvalue weighted by molar-refractivity contribution is 6.33. The number of aromatic nitrogens is 1. The van der Waals surface area contributed by atoms with Crippen LogP contribution in [-0.2, 0) is 0 Å². The van der Waals surface area contributed by atoms with Crippen LogP contribution in [0.3, 0.4) is 0 Å². The summed E-state index contributed by atoms with van der Waals surface area (Å²) in [5.74, 6) is -0.714. The summed E-state index contributed by atoms with van der Waals surface area (Å²) < 4.78 is 32.3. The monoisotopic (exact) mass is 306 g/mol. The van der Waals surface area contributed by atoms with E-state index < -0.39 is 11.6 Å². The largest absolute Gasteiger partial charge is 0.380 e. The average molecular weight is 307 g/mol. The van der Waals surface area contributed by atoms with Crippen molar-refractivity contribution in [1.82, 2.24) is 5.16 Å². The van der Waals surface area contributed by atoms with Crippen LogP contribution in [0.25, 0.3) is 22.5 Å². The van der Waals surface area contributed by atoms with E-state index in [0.717, 1.165) is 6.07 Å². The highest BCUT2D eigenvalue weighted by Crippen LogP contribution is 2.40. The summed E-state index contributed by atoms with van der Waals surface area (Å²) in [6.45, 7) is 0. The summed E-state index contributed by atoms with van der Waals surface area (Å²) >= 11 is 6.01. The molecule has 0 unspecified atom stereocenters. The molecule has 6 heteroatoms. The topological polar surface area (TPSA) is 52.0 Å². The van der Waals surface area contributed by atoms with Gasteiger partial charge in [-0.2, -0.15) is 0 Å². The van der Waals surface area contributed by atoms with Gasteiger partial charge in [-0.25, -0.2) is 8.78 Å². The quantitative estimate of drug-likeness (QED) is 0.757. The molecular formula is C15H9ClF2N2O. The Balaban J connectivity index is 2.25. The molecule has 3 aromatic rings. The number of hydrogen-bond donors (Lipinski definition) is 1. The molecule has 0 aliphatic carbocycles. The lowest BCUT2D eigenvalue weighted by atomic mass is 10.0. The van der Waals surface area contributed by atoms with Crippen molar-refractivity contribution in [2.45, 2.75) is 0 Å². The van der Waals surface area contributed by atoms with Gasteiger partial charge in [0.25, 0.3) is 0 Å². The number of nitrogen functional groups attached to an aromatic ring is 1. The van der Waals surface area contributed by atoms with Crippen LogP contribution >= 0.6 is 11.6 Å². The van der Waals surface area contributed by atoms with Crippen molar-refractivity contribution in [3.63, 3.8) is 0 Å². The van der Waals surface area contributed by atoms with Crippen LogP contribution in [0.4, 0.5) is 14.6 Å². The normalized spacial score (nSPS) is 10.8. The second-order valence-electron chi connectivity index (χ2n) is 4.38. The molecule has 0 fully saturated rings. The third-order valence-corrected chi connectivity index (χ3v) is 3.35. The maximum absolute atomic E-state index is 14.0. The van der Waals surface area contributed by atoms with Gasteiger partial charge in [-0.1, -0.05) is 35.0 Å². The van der Waals surface area contributed by atoms with Crippen LogP contribution < -0.4 is 5.73 Å². The SMILES string of the molecule is Nc1noc(-c2ccc(F)cc2Cl)c1-c1ccccc1F. The molecule has 0 spiro atoms. The van der Waals surface area contributed by atoms with Crippen LogP contribution in [0.2, 0.25) is 5.02 Å². The van der Waals surface area contributed by atoms with E-state index in [4.69, 9.17) is 21.9 Å². The highest BCUT2D eigenvalue weighted by atomic mass is 35.5. The lowest BCUT2D eigenvalue weighted by Crippen LogP contribution is -1.91. The molecule has 2 aromatic carbocycles. The summed E-state index contributed by atoms with van der Waals surface area (Å²) in [7, 11) is 0.